The van der Waals surface area contributed by atoms with Gasteiger partial charge in [0.2, 0.25) is 0 Å². The Kier molecular flexibility index (Phi) is 2.75. The van der Waals surface area contributed by atoms with Gasteiger partial charge in [-0.3, -0.25) is 0 Å². The minimum Gasteiger partial charge on any atom is -0.241 e. The second-order valence-electron chi connectivity index (χ2n) is 4.32. The van der Waals surface area contributed by atoms with Gasteiger partial charge in [-0.25, -0.2) is 4.98 Å². The molecule has 1 aromatic heterocycles. The van der Waals surface area contributed by atoms with Crippen molar-refractivity contribution in [3.05, 3.63) is 40.9 Å². The van der Waals surface area contributed by atoms with Crippen LogP contribution in [-0.4, -0.2) is 4.98 Å². The van der Waals surface area contributed by atoms with E-state index < -0.39 is 0 Å². The lowest BCUT2D eigenvalue weighted by Crippen LogP contribution is -1.86. The first-order valence-electron chi connectivity index (χ1n) is 5.97. The average Bonchev–Trinajstić information content (AvgIpc) is 2.62. The minimum atomic E-state index is 1.18. The summed E-state index contributed by atoms with van der Waals surface area (Å²) < 4.78 is 0. The predicted molar refractivity (Wildman–Crippen MR) is 68.8 cm³/mol. The maximum atomic E-state index is 4.80. The third kappa shape index (κ3) is 1.90. The maximum absolute atomic E-state index is 4.80. The van der Waals surface area contributed by atoms with E-state index in [0.717, 1.165) is 0 Å². The molecule has 0 atom stereocenters. The molecule has 1 nitrogen and oxygen atoms in total. The van der Waals surface area contributed by atoms with Gasteiger partial charge in [-0.05, 0) is 25.7 Å². The van der Waals surface area contributed by atoms with Gasteiger partial charge >= 0.3 is 0 Å². The van der Waals surface area contributed by atoms with E-state index in [2.05, 4.69) is 30.3 Å². The molecule has 2 aromatic rings. The van der Waals surface area contributed by atoms with Crippen LogP contribution in [0.1, 0.15) is 29.8 Å². The van der Waals surface area contributed by atoms with E-state index >= 15 is 0 Å². The first-order chi connectivity index (χ1) is 7.93. The van der Waals surface area contributed by atoms with Gasteiger partial charge < -0.3 is 0 Å². The van der Waals surface area contributed by atoms with Crippen LogP contribution in [-0.2, 0) is 12.8 Å². The monoisotopic (exact) mass is 229 g/mol. The van der Waals surface area contributed by atoms with Gasteiger partial charge in [0.1, 0.15) is 5.01 Å². The summed E-state index contributed by atoms with van der Waals surface area (Å²) in [5.74, 6) is 0. The molecule has 0 aliphatic heterocycles. The molecule has 1 aliphatic rings. The third-order valence-corrected chi connectivity index (χ3v) is 4.32. The number of hydrogen-bond acceptors (Lipinski definition) is 2. The van der Waals surface area contributed by atoms with Gasteiger partial charge in [0, 0.05) is 10.4 Å². The summed E-state index contributed by atoms with van der Waals surface area (Å²) in [5, 5.41) is 1.20. The van der Waals surface area contributed by atoms with Crippen molar-refractivity contribution in [1.82, 2.24) is 4.98 Å². The van der Waals surface area contributed by atoms with Gasteiger partial charge in [-0.1, -0.05) is 36.8 Å². The summed E-state index contributed by atoms with van der Waals surface area (Å²) in [5.41, 5.74) is 2.63. The fourth-order valence-electron chi connectivity index (χ4n) is 2.23. The van der Waals surface area contributed by atoms with Gasteiger partial charge in [-0.2, -0.15) is 0 Å². The summed E-state index contributed by atoms with van der Waals surface area (Å²) in [4.78, 5) is 6.32. The predicted octanol–water partition coefficient (Wildman–Crippen LogP) is 4.08. The van der Waals surface area contributed by atoms with Crippen LogP contribution in [0.25, 0.3) is 10.6 Å². The van der Waals surface area contributed by atoms with Crippen LogP contribution in [0.2, 0.25) is 0 Å². The second-order valence-corrected chi connectivity index (χ2v) is 5.40. The molecule has 0 N–H and O–H groups in total. The molecule has 0 saturated heterocycles. The molecule has 3 rings (SSSR count). The summed E-state index contributed by atoms with van der Waals surface area (Å²) in [6.07, 6.45) is 6.43. The van der Waals surface area contributed by atoms with Crippen LogP contribution in [0.15, 0.2) is 30.3 Å². The molecule has 16 heavy (non-hydrogen) atoms. The molecule has 0 unspecified atom stereocenters. The van der Waals surface area contributed by atoms with E-state index in [-0.39, 0.29) is 0 Å². The van der Waals surface area contributed by atoms with Crippen molar-refractivity contribution in [2.24, 2.45) is 0 Å². The van der Waals surface area contributed by atoms with Crippen LogP contribution < -0.4 is 0 Å². The van der Waals surface area contributed by atoms with E-state index in [4.69, 9.17) is 4.98 Å². The van der Waals surface area contributed by atoms with E-state index in [1.165, 1.54) is 53.2 Å². The zero-order chi connectivity index (χ0) is 10.8. The van der Waals surface area contributed by atoms with Crippen LogP contribution in [0.3, 0.4) is 0 Å². The van der Waals surface area contributed by atoms with Crippen molar-refractivity contribution in [3.8, 4) is 10.6 Å². The Bertz CT molecular complexity index is 449. The summed E-state index contributed by atoms with van der Waals surface area (Å²) >= 11 is 1.89. The van der Waals surface area contributed by atoms with Crippen molar-refractivity contribution in [1.29, 1.82) is 0 Å². The van der Waals surface area contributed by atoms with E-state index in [0.29, 0.717) is 0 Å². The molecule has 82 valence electrons. The highest BCUT2D eigenvalue weighted by Gasteiger charge is 2.14. The largest absolute Gasteiger partial charge is 0.241 e. The molecule has 1 heterocycles. The van der Waals surface area contributed by atoms with Crippen LogP contribution in [0, 0.1) is 0 Å². The third-order valence-electron chi connectivity index (χ3n) is 3.12. The molecular weight excluding hydrogens is 214 g/mol. The number of nitrogens with zero attached hydrogens (tertiary/aromatic N) is 1. The summed E-state index contributed by atoms with van der Waals surface area (Å²) in [7, 11) is 0. The van der Waals surface area contributed by atoms with Crippen LogP contribution in [0.4, 0.5) is 0 Å². The molecule has 0 radical (unpaired) electrons. The number of hydrogen-bond donors (Lipinski definition) is 0. The van der Waals surface area contributed by atoms with Crippen molar-refractivity contribution in [3.63, 3.8) is 0 Å². The Morgan fingerprint density at radius 2 is 1.75 bits per heavy atom. The second kappa shape index (κ2) is 4.38. The zero-order valence-electron chi connectivity index (χ0n) is 9.28. The lowest BCUT2D eigenvalue weighted by Gasteiger charge is -1.95. The highest BCUT2D eigenvalue weighted by Crippen LogP contribution is 2.31. The summed E-state index contributed by atoms with van der Waals surface area (Å²) in [6.45, 7) is 0. The number of rotatable bonds is 1. The lowest BCUT2D eigenvalue weighted by atomic mass is 10.2. The number of aromatic nitrogens is 1. The Hall–Kier alpha value is -1.15. The quantitative estimate of drug-likeness (QED) is 0.671. The molecule has 1 aromatic carbocycles. The zero-order valence-corrected chi connectivity index (χ0v) is 10.1. The van der Waals surface area contributed by atoms with E-state index in [1.54, 1.807) is 0 Å². The highest BCUT2D eigenvalue weighted by molar-refractivity contribution is 7.15. The molecule has 0 bridgehead atoms. The number of thiazole rings is 1. The average molecular weight is 229 g/mol. The number of fused-ring (bicyclic) bond motifs is 1. The molecule has 1 aliphatic carbocycles. The Morgan fingerprint density at radius 3 is 2.62 bits per heavy atom. The Balaban J connectivity index is 1.98. The first-order valence-corrected chi connectivity index (χ1v) is 6.79. The smallest absolute Gasteiger partial charge is 0.123 e. The van der Waals surface area contributed by atoms with Crippen molar-refractivity contribution in [2.75, 3.05) is 0 Å². The van der Waals surface area contributed by atoms with Crippen molar-refractivity contribution < 1.29 is 0 Å². The SMILES string of the molecule is c1ccc(-c2nc3c(s2)CCCCC3)cc1. The molecule has 0 amide bonds. The van der Waals surface area contributed by atoms with Gasteiger partial charge in [-0.15, -0.1) is 11.3 Å². The Morgan fingerprint density at radius 1 is 0.938 bits per heavy atom. The van der Waals surface area contributed by atoms with E-state index in [9.17, 15) is 0 Å². The molecular formula is C14H15NS. The van der Waals surface area contributed by atoms with Crippen molar-refractivity contribution in [2.45, 2.75) is 32.1 Å². The fourth-order valence-corrected chi connectivity index (χ4v) is 3.39. The maximum Gasteiger partial charge on any atom is 0.123 e. The van der Waals surface area contributed by atoms with Gasteiger partial charge in [0.25, 0.3) is 0 Å². The van der Waals surface area contributed by atoms with Crippen LogP contribution >= 0.6 is 11.3 Å². The molecule has 0 fully saturated rings. The van der Waals surface area contributed by atoms with Crippen LogP contribution in [0.5, 0.6) is 0 Å². The van der Waals surface area contributed by atoms with Crippen molar-refractivity contribution >= 4 is 11.3 Å². The normalized spacial score (nSPS) is 15.5. The van der Waals surface area contributed by atoms with Gasteiger partial charge in [0.05, 0.1) is 5.69 Å². The standard InChI is InChI=1S/C14H15NS/c1-3-7-11(8-4-1)14-15-12-9-5-2-6-10-13(12)16-14/h1,3-4,7-8H,2,5-6,9-10H2. The Labute approximate surface area is 100 Å². The number of benzene rings is 1. The highest BCUT2D eigenvalue weighted by atomic mass is 32.1. The summed E-state index contributed by atoms with van der Waals surface area (Å²) in [6, 6.07) is 10.5. The number of aryl methyl sites for hydroxylation is 2. The fraction of sp³-hybridized carbons (Fsp3) is 0.357. The first kappa shape index (κ1) is 10.0. The van der Waals surface area contributed by atoms with Gasteiger partial charge in [0.15, 0.2) is 0 Å². The molecule has 0 saturated carbocycles. The molecule has 0 spiro atoms. The lowest BCUT2D eigenvalue weighted by molar-refractivity contribution is 0.709. The topological polar surface area (TPSA) is 12.9 Å². The van der Waals surface area contributed by atoms with E-state index in [1.807, 2.05) is 11.3 Å². The molecule has 2 heteroatoms. The minimum absolute atomic E-state index is 1.18.